The summed E-state index contributed by atoms with van der Waals surface area (Å²) in [5.41, 5.74) is 5.01. The second-order valence-corrected chi connectivity index (χ2v) is 6.44. The number of nitrogens with one attached hydrogen (secondary N) is 1. The number of hydrogen-bond acceptors (Lipinski definition) is 4. The van der Waals surface area contributed by atoms with Gasteiger partial charge in [0.15, 0.2) is 5.78 Å². The van der Waals surface area contributed by atoms with E-state index in [1.54, 1.807) is 19.2 Å². The summed E-state index contributed by atoms with van der Waals surface area (Å²) in [6.07, 6.45) is -0.196. The van der Waals surface area contributed by atoms with Crippen molar-refractivity contribution in [1.82, 2.24) is 5.32 Å². The summed E-state index contributed by atoms with van der Waals surface area (Å²) in [7, 11) is 1.58. The predicted octanol–water partition coefficient (Wildman–Crippen LogP) is 3.52. The first-order chi connectivity index (χ1) is 11.9. The van der Waals surface area contributed by atoms with Crippen molar-refractivity contribution in [3.63, 3.8) is 0 Å². The van der Waals surface area contributed by atoms with E-state index < -0.39 is 6.10 Å². The topological polar surface area (TPSA) is 58.6 Å². The van der Waals surface area contributed by atoms with Gasteiger partial charge in [-0.1, -0.05) is 29.8 Å². The van der Waals surface area contributed by atoms with Gasteiger partial charge >= 0.3 is 0 Å². The number of carbonyl (C=O) groups excluding carboxylic acids is 1. The summed E-state index contributed by atoms with van der Waals surface area (Å²) in [6.45, 7) is 7.04. The van der Waals surface area contributed by atoms with Gasteiger partial charge in [0.2, 0.25) is 0 Å². The number of ketones is 1. The van der Waals surface area contributed by atoms with Crippen LogP contribution in [-0.2, 0) is 0 Å². The van der Waals surface area contributed by atoms with Crippen molar-refractivity contribution in [2.45, 2.75) is 33.3 Å². The van der Waals surface area contributed by atoms with Gasteiger partial charge in [0.1, 0.15) is 5.75 Å². The van der Waals surface area contributed by atoms with Gasteiger partial charge in [-0.05, 0) is 49.6 Å². The molecule has 0 saturated carbocycles. The minimum atomic E-state index is -0.576. The van der Waals surface area contributed by atoms with Crippen LogP contribution in [0.2, 0.25) is 0 Å². The SMILES string of the molecule is COc1cccc(C(=O)CCNCC(O)c2c(C)cc(C)cc2C)c1. The molecular formula is C21H27NO3. The summed E-state index contributed by atoms with van der Waals surface area (Å²) >= 11 is 0. The minimum Gasteiger partial charge on any atom is -0.497 e. The monoisotopic (exact) mass is 341 g/mol. The number of rotatable bonds is 8. The van der Waals surface area contributed by atoms with Crippen LogP contribution in [-0.4, -0.2) is 31.1 Å². The molecule has 0 aliphatic carbocycles. The van der Waals surface area contributed by atoms with Crippen molar-refractivity contribution in [1.29, 1.82) is 0 Å². The van der Waals surface area contributed by atoms with Gasteiger partial charge in [-0.2, -0.15) is 0 Å². The molecule has 134 valence electrons. The van der Waals surface area contributed by atoms with Gasteiger partial charge in [0.25, 0.3) is 0 Å². The number of benzene rings is 2. The lowest BCUT2D eigenvalue weighted by Gasteiger charge is -2.18. The molecule has 0 spiro atoms. The number of aliphatic hydroxyl groups excluding tert-OH is 1. The Kier molecular flexibility index (Phi) is 6.73. The first-order valence-corrected chi connectivity index (χ1v) is 8.56. The highest BCUT2D eigenvalue weighted by Crippen LogP contribution is 2.23. The Morgan fingerprint density at radius 3 is 2.48 bits per heavy atom. The fourth-order valence-electron chi connectivity index (χ4n) is 3.20. The van der Waals surface area contributed by atoms with Crippen LogP contribution in [0.5, 0.6) is 5.75 Å². The highest BCUT2D eigenvalue weighted by Gasteiger charge is 2.14. The molecule has 0 aliphatic rings. The van der Waals surface area contributed by atoms with Crippen LogP contribution in [0, 0.1) is 20.8 Å². The van der Waals surface area contributed by atoms with E-state index in [4.69, 9.17) is 4.74 Å². The number of aliphatic hydroxyl groups is 1. The molecule has 0 amide bonds. The molecule has 2 rings (SSSR count). The molecule has 0 aromatic heterocycles. The lowest BCUT2D eigenvalue weighted by Crippen LogP contribution is -2.25. The zero-order chi connectivity index (χ0) is 18.4. The Labute approximate surface area is 149 Å². The molecule has 0 radical (unpaired) electrons. The molecule has 2 aromatic rings. The number of carbonyl (C=O) groups is 1. The standard InChI is InChI=1S/C21H27NO3/c1-14-10-15(2)21(16(3)11-14)20(24)13-22-9-8-19(23)17-6-5-7-18(12-17)25-4/h5-7,10-12,20,22,24H,8-9,13H2,1-4H3. The van der Waals surface area contributed by atoms with Gasteiger partial charge in [-0.25, -0.2) is 0 Å². The maximum Gasteiger partial charge on any atom is 0.164 e. The largest absolute Gasteiger partial charge is 0.497 e. The van der Waals surface area contributed by atoms with Crippen LogP contribution in [0.1, 0.15) is 45.1 Å². The van der Waals surface area contributed by atoms with E-state index in [2.05, 4.69) is 24.4 Å². The van der Waals surface area contributed by atoms with Crippen molar-refractivity contribution < 1.29 is 14.6 Å². The van der Waals surface area contributed by atoms with Gasteiger partial charge in [0, 0.05) is 25.1 Å². The maximum absolute atomic E-state index is 12.2. The zero-order valence-corrected chi connectivity index (χ0v) is 15.4. The normalized spacial score (nSPS) is 12.0. The van der Waals surface area contributed by atoms with E-state index in [0.717, 1.165) is 16.7 Å². The Morgan fingerprint density at radius 1 is 1.16 bits per heavy atom. The number of hydrogen-bond donors (Lipinski definition) is 2. The molecule has 1 atom stereocenters. The van der Waals surface area contributed by atoms with Crippen LogP contribution in [0.3, 0.4) is 0 Å². The van der Waals surface area contributed by atoms with E-state index in [1.165, 1.54) is 5.56 Å². The average Bonchev–Trinajstić information content (AvgIpc) is 2.57. The summed E-state index contributed by atoms with van der Waals surface area (Å²) in [5, 5.41) is 13.6. The second-order valence-electron chi connectivity index (χ2n) is 6.44. The molecule has 25 heavy (non-hydrogen) atoms. The molecule has 0 heterocycles. The quantitative estimate of drug-likeness (QED) is 0.570. The van der Waals surface area contributed by atoms with Crippen LogP contribution in [0.15, 0.2) is 36.4 Å². The van der Waals surface area contributed by atoms with Crippen LogP contribution >= 0.6 is 0 Å². The third kappa shape index (κ3) is 5.15. The number of Topliss-reactive ketones (excluding diaryl/α,β-unsaturated/α-hetero) is 1. The average molecular weight is 341 g/mol. The molecule has 4 heteroatoms. The molecule has 0 bridgehead atoms. The Balaban J connectivity index is 1.85. The predicted molar refractivity (Wildman–Crippen MR) is 100 cm³/mol. The number of ether oxygens (including phenoxy) is 1. The summed E-state index contributed by atoms with van der Waals surface area (Å²) in [5.74, 6) is 0.739. The van der Waals surface area contributed by atoms with Crippen LogP contribution < -0.4 is 10.1 Å². The van der Waals surface area contributed by atoms with Crippen LogP contribution in [0.4, 0.5) is 0 Å². The van der Waals surface area contributed by atoms with Crippen molar-refractivity contribution in [2.75, 3.05) is 20.2 Å². The molecule has 0 aliphatic heterocycles. The third-order valence-electron chi connectivity index (χ3n) is 4.33. The maximum atomic E-state index is 12.2. The lowest BCUT2D eigenvalue weighted by atomic mass is 9.95. The van der Waals surface area contributed by atoms with Gasteiger partial charge in [-0.3, -0.25) is 4.79 Å². The van der Waals surface area contributed by atoms with Gasteiger partial charge in [0.05, 0.1) is 13.2 Å². The Bertz CT molecular complexity index is 717. The number of aryl methyl sites for hydroxylation is 3. The van der Waals surface area contributed by atoms with E-state index in [9.17, 15) is 9.90 Å². The number of methoxy groups -OCH3 is 1. The lowest BCUT2D eigenvalue weighted by molar-refractivity contribution is 0.0979. The van der Waals surface area contributed by atoms with Gasteiger partial charge < -0.3 is 15.2 Å². The molecule has 2 N–H and O–H groups in total. The summed E-state index contributed by atoms with van der Waals surface area (Å²) in [6, 6.07) is 11.3. The van der Waals surface area contributed by atoms with Crippen molar-refractivity contribution in [2.24, 2.45) is 0 Å². The molecule has 4 nitrogen and oxygen atoms in total. The smallest absolute Gasteiger partial charge is 0.164 e. The van der Waals surface area contributed by atoms with Gasteiger partial charge in [-0.15, -0.1) is 0 Å². The molecule has 2 aromatic carbocycles. The molecular weight excluding hydrogens is 314 g/mol. The fraction of sp³-hybridized carbons (Fsp3) is 0.381. The first kappa shape index (κ1) is 19.2. The summed E-state index contributed by atoms with van der Waals surface area (Å²) < 4.78 is 5.14. The minimum absolute atomic E-state index is 0.0589. The zero-order valence-electron chi connectivity index (χ0n) is 15.4. The van der Waals surface area contributed by atoms with Crippen molar-refractivity contribution >= 4 is 5.78 Å². The highest BCUT2D eigenvalue weighted by molar-refractivity contribution is 5.96. The molecule has 0 saturated heterocycles. The van der Waals surface area contributed by atoms with Crippen LogP contribution in [0.25, 0.3) is 0 Å². The van der Waals surface area contributed by atoms with Crippen molar-refractivity contribution in [3.05, 3.63) is 64.2 Å². The van der Waals surface area contributed by atoms with E-state index in [-0.39, 0.29) is 5.78 Å². The Morgan fingerprint density at radius 2 is 1.84 bits per heavy atom. The third-order valence-corrected chi connectivity index (χ3v) is 4.33. The Hall–Kier alpha value is -2.17. The summed E-state index contributed by atoms with van der Waals surface area (Å²) in [4.78, 5) is 12.2. The first-order valence-electron chi connectivity index (χ1n) is 8.56. The van der Waals surface area contributed by atoms with Crippen molar-refractivity contribution in [3.8, 4) is 5.75 Å². The molecule has 0 fully saturated rings. The van der Waals surface area contributed by atoms with E-state index >= 15 is 0 Å². The molecule has 1 unspecified atom stereocenters. The fourth-order valence-corrected chi connectivity index (χ4v) is 3.20. The highest BCUT2D eigenvalue weighted by atomic mass is 16.5. The van der Waals surface area contributed by atoms with E-state index in [1.807, 2.05) is 26.0 Å². The second kappa shape index (κ2) is 8.79. The van der Waals surface area contributed by atoms with E-state index in [0.29, 0.717) is 30.8 Å².